The van der Waals surface area contributed by atoms with Crippen LogP contribution in [0, 0.1) is 0 Å². The predicted octanol–water partition coefficient (Wildman–Crippen LogP) is 2.61. The molecule has 5 rings (SSSR count). The van der Waals surface area contributed by atoms with Crippen LogP contribution in [0.25, 0.3) is 33.0 Å². The Morgan fingerprint density at radius 2 is 1.72 bits per heavy atom. The van der Waals surface area contributed by atoms with Gasteiger partial charge in [-0.05, 0) is 12.1 Å². The average molecular weight is 427 g/mol. The van der Waals surface area contributed by atoms with Crippen molar-refractivity contribution in [2.45, 2.75) is 13.5 Å². The molecule has 2 aromatic heterocycles. The fourth-order valence-electron chi connectivity index (χ4n) is 4.41. The molecule has 0 atom stereocenters. The van der Waals surface area contributed by atoms with Crippen LogP contribution in [-0.2, 0) is 20.9 Å². The number of aromatic amines is 1. The van der Waals surface area contributed by atoms with E-state index >= 15 is 0 Å². The second-order valence-electron chi connectivity index (χ2n) is 7.69. The quantitative estimate of drug-likeness (QED) is 0.366. The van der Waals surface area contributed by atoms with Gasteiger partial charge in [-0.15, -0.1) is 0 Å². The Bertz CT molecular complexity index is 1460. The second kappa shape index (κ2) is 7.51. The molecule has 0 saturated heterocycles. The Labute approximate surface area is 183 Å². The second-order valence-corrected chi connectivity index (χ2v) is 7.69. The fourth-order valence-corrected chi connectivity index (χ4v) is 4.41. The summed E-state index contributed by atoms with van der Waals surface area (Å²) in [6.07, 6.45) is 3.57. The van der Waals surface area contributed by atoms with Gasteiger partial charge < -0.3 is 20.6 Å². The van der Waals surface area contributed by atoms with Crippen molar-refractivity contribution < 1.29 is 14.4 Å². The summed E-state index contributed by atoms with van der Waals surface area (Å²) in [5.41, 5.74) is 9.98. The van der Waals surface area contributed by atoms with Crippen LogP contribution in [0.1, 0.15) is 18.1 Å². The van der Waals surface area contributed by atoms with Crippen LogP contribution in [0.3, 0.4) is 0 Å². The van der Waals surface area contributed by atoms with Gasteiger partial charge in [0.2, 0.25) is 5.91 Å². The molecule has 3 amide bonds. The first-order valence-corrected chi connectivity index (χ1v) is 10.3. The number of H-pyrrole nitrogens is 1. The summed E-state index contributed by atoms with van der Waals surface area (Å²) in [6.45, 7) is 2.30. The molecule has 0 spiro atoms. The molecule has 0 fully saturated rings. The average Bonchev–Trinajstić information content (AvgIpc) is 3.41. The van der Waals surface area contributed by atoms with Crippen molar-refractivity contribution in [3.63, 3.8) is 0 Å². The molecule has 8 nitrogen and oxygen atoms in total. The van der Waals surface area contributed by atoms with Crippen LogP contribution in [0.4, 0.5) is 5.69 Å². The van der Waals surface area contributed by atoms with Gasteiger partial charge in [0.05, 0.1) is 22.4 Å². The number of para-hydroxylation sites is 2. The standard InChI is InChI=1S/C24H21N5O3/c1-13(30)27-19-8-4-6-15-17(12-29(10-9-25)22(15)19)21-20(23(31)28-24(21)32)16-11-26-18-7-3-2-5-14(16)18/h2-8,11-12,26H,9-10,25H2,1H3,(H,27,30)(H,28,31,32). The number of nitrogens with zero attached hydrogens (tertiary/aromatic N) is 1. The molecule has 32 heavy (non-hydrogen) atoms. The van der Waals surface area contributed by atoms with Gasteiger partial charge in [-0.2, -0.15) is 0 Å². The minimum absolute atomic E-state index is 0.202. The van der Waals surface area contributed by atoms with E-state index in [9.17, 15) is 14.4 Å². The van der Waals surface area contributed by atoms with Crippen molar-refractivity contribution >= 4 is 56.4 Å². The van der Waals surface area contributed by atoms with Crippen LogP contribution in [-0.4, -0.2) is 33.8 Å². The number of carbonyl (C=O) groups excluding carboxylic acids is 3. The van der Waals surface area contributed by atoms with Crippen molar-refractivity contribution in [1.29, 1.82) is 0 Å². The van der Waals surface area contributed by atoms with Crippen molar-refractivity contribution in [2.24, 2.45) is 5.73 Å². The third-order valence-electron chi connectivity index (χ3n) is 5.64. The molecule has 3 heterocycles. The van der Waals surface area contributed by atoms with Crippen LogP contribution in [0.2, 0.25) is 0 Å². The van der Waals surface area contributed by atoms with Gasteiger partial charge in [0.15, 0.2) is 0 Å². The molecule has 8 heteroatoms. The maximum absolute atomic E-state index is 13.0. The molecule has 5 N–H and O–H groups in total. The molecule has 2 aromatic carbocycles. The van der Waals surface area contributed by atoms with Gasteiger partial charge in [-0.1, -0.05) is 30.3 Å². The Hall–Kier alpha value is -4.17. The lowest BCUT2D eigenvalue weighted by Gasteiger charge is -2.09. The van der Waals surface area contributed by atoms with Gasteiger partial charge >= 0.3 is 0 Å². The number of nitrogens with two attached hydrogens (primary N) is 1. The largest absolute Gasteiger partial charge is 0.361 e. The summed E-state index contributed by atoms with van der Waals surface area (Å²) >= 11 is 0. The highest BCUT2D eigenvalue weighted by Crippen LogP contribution is 2.39. The van der Waals surface area contributed by atoms with E-state index in [0.29, 0.717) is 41.1 Å². The number of hydrogen-bond donors (Lipinski definition) is 4. The van der Waals surface area contributed by atoms with E-state index in [0.717, 1.165) is 21.8 Å². The lowest BCUT2D eigenvalue weighted by molar-refractivity contribution is -0.123. The summed E-state index contributed by atoms with van der Waals surface area (Å²) in [6, 6.07) is 13.1. The summed E-state index contributed by atoms with van der Waals surface area (Å²) in [4.78, 5) is 40.8. The van der Waals surface area contributed by atoms with E-state index in [1.54, 1.807) is 12.3 Å². The summed E-state index contributed by atoms with van der Waals surface area (Å²) in [7, 11) is 0. The Morgan fingerprint density at radius 3 is 2.47 bits per heavy atom. The molecular weight excluding hydrogens is 406 g/mol. The number of benzene rings is 2. The van der Waals surface area contributed by atoms with Gasteiger partial charge in [-0.3, -0.25) is 19.7 Å². The minimum atomic E-state index is -0.452. The number of anilines is 1. The maximum Gasteiger partial charge on any atom is 0.259 e. The highest BCUT2D eigenvalue weighted by atomic mass is 16.2. The number of nitrogens with one attached hydrogen (secondary N) is 3. The topological polar surface area (TPSA) is 122 Å². The highest BCUT2D eigenvalue weighted by Gasteiger charge is 2.35. The normalized spacial score (nSPS) is 13.9. The first-order chi connectivity index (χ1) is 15.5. The first-order valence-electron chi connectivity index (χ1n) is 10.3. The van der Waals surface area contributed by atoms with Crippen molar-refractivity contribution in [2.75, 3.05) is 11.9 Å². The Kier molecular flexibility index (Phi) is 4.64. The first kappa shape index (κ1) is 19.8. The van der Waals surface area contributed by atoms with E-state index < -0.39 is 11.8 Å². The smallest absolute Gasteiger partial charge is 0.259 e. The maximum atomic E-state index is 13.0. The van der Waals surface area contributed by atoms with E-state index in [2.05, 4.69) is 15.6 Å². The van der Waals surface area contributed by atoms with Crippen molar-refractivity contribution in [3.8, 4) is 0 Å². The molecule has 4 aromatic rings. The SMILES string of the molecule is CC(=O)Nc1cccc2c(C3=C(c4c[nH]c5ccccc45)C(=O)NC3=O)cn(CCN)c12. The molecule has 0 radical (unpaired) electrons. The Balaban J connectivity index is 1.82. The lowest BCUT2D eigenvalue weighted by Crippen LogP contribution is -2.22. The minimum Gasteiger partial charge on any atom is -0.361 e. The van der Waals surface area contributed by atoms with Crippen LogP contribution < -0.4 is 16.4 Å². The Morgan fingerprint density at radius 1 is 1.00 bits per heavy atom. The number of amides is 3. The number of imide groups is 1. The molecule has 0 saturated carbocycles. The van der Waals surface area contributed by atoms with E-state index in [1.807, 2.05) is 47.2 Å². The lowest BCUT2D eigenvalue weighted by atomic mass is 9.95. The fraction of sp³-hybridized carbons (Fsp3) is 0.125. The summed E-state index contributed by atoms with van der Waals surface area (Å²) < 4.78 is 1.91. The number of aromatic nitrogens is 2. The van der Waals surface area contributed by atoms with E-state index in [1.165, 1.54) is 6.92 Å². The van der Waals surface area contributed by atoms with Gasteiger partial charge in [0, 0.05) is 59.8 Å². The zero-order valence-electron chi connectivity index (χ0n) is 17.4. The van der Waals surface area contributed by atoms with Gasteiger partial charge in [-0.25, -0.2) is 0 Å². The third kappa shape index (κ3) is 3.00. The summed E-state index contributed by atoms with van der Waals surface area (Å²) in [5.74, 6) is -1.09. The van der Waals surface area contributed by atoms with Crippen LogP contribution >= 0.6 is 0 Å². The van der Waals surface area contributed by atoms with Crippen molar-refractivity contribution in [1.82, 2.24) is 14.9 Å². The van der Waals surface area contributed by atoms with Gasteiger partial charge in [0.1, 0.15) is 0 Å². The predicted molar refractivity (Wildman–Crippen MR) is 124 cm³/mol. The molecular formula is C24H21N5O3. The van der Waals surface area contributed by atoms with Crippen molar-refractivity contribution in [3.05, 3.63) is 66.0 Å². The van der Waals surface area contributed by atoms with E-state index in [4.69, 9.17) is 5.73 Å². The molecule has 0 bridgehead atoms. The number of carbonyl (C=O) groups is 3. The van der Waals surface area contributed by atoms with Gasteiger partial charge in [0.25, 0.3) is 11.8 Å². The summed E-state index contributed by atoms with van der Waals surface area (Å²) in [5, 5.41) is 6.90. The van der Waals surface area contributed by atoms with E-state index in [-0.39, 0.29) is 5.91 Å². The zero-order chi connectivity index (χ0) is 22.4. The number of fused-ring (bicyclic) bond motifs is 2. The molecule has 1 aliphatic rings. The molecule has 0 aliphatic carbocycles. The zero-order valence-corrected chi connectivity index (χ0v) is 17.4. The van der Waals surface area contributed by atoms with Crippen LogP contribution in [0.5, 0.6) is 0 Å². The third-order valence-corrected chi connectivity index (χ3v) is 5.64. The molecule has 0 unspecified atom stereocenters. The highest BCUT2D eigenvalue weighted by molar-refractivity contribution is 6.50. The number of rotatable bonds is 5. The van der Waals surface area contributed by atoms with Crippen LogP contribution in [0.15, 0.2) is 54.9 Å². The monoisotopic (exact) mass is 427 g/mol. The number of hydrogen-bond acceptors (Lipinski definition) is 4. The molecule has 160 valence electrons. The molecule has 1 aliphatic heterocycles.